The molecular weight excluding hydrogens is 320 g/mol. The van der Waals surface area contributed by atoms with Gasteiger partial charge in [-0.25, -0.2) is 0 Å². The van der Waals surface area contributed by atoms with Gasteiger partial charge in [-0.1, -0.05) is 21.5 Å². The van der Waals surface area contributed by atoms with E-state index in [-0.39, 0.29) is 12.0 Å². The van der Waals surface area contributed by atoms with Crippen LogP contribution in [0.4, 0.5) is 0 Å². The van der Waals surface area contributed by atoms with E-state index in [2.05, 4.69) is 27.8 Å². The Balaban J connectivity index is 2.13. The summed E-state index contributed by atoms with van der Waals surface area (Å²) in [5.74, 6) is 0.629. The number of ether oxygens (including phenoxy) is 1. The van der Waals surface area contributed by atoms with Gasteiger partial charge in [0.1, 0.15) is 5.75 Å². The third-order valence-corrected chi connectivity index (χ3v) is 4.10. The first-order valence-electron chi connectivity index (χ1n) is 6.72. The van der Waals surface area contributed by atoms with Crippen LogP contribution >= 0.6 is 15.9 Å². The molecule has 1 aliphatic rings. The van der Waals surface area contributed by atoms with Gasteiger partial charge in [0.15, 0.2) is 0 Å². The van der Waals surface area contributed by atoms with Gasteiger partial charge in [-0.3, -0.25) is 9.78 Å². The van der Waals surface area contributed by atoms with Crippen LogP contribution in [0.25, 0.3) is 0 Å². The van der Waals surface area contributed by atoms with E-state index in [0.29, 0.717) is 17.9 Å². The van der Waals surface area contributed by atoms with Gasteiger partial charge >= 0.3 is 0 Å². The Hall–Kier alpha value is -1.36. The van der Waals surface area contributed by atoms with E-state index in [0.717, 1.165) is 17.4 Å². The van der Waals surface area contributed by atoms with E-state index in [1.807, 2.05) is 18.7 Å². The molecule has 0 saturated carbocycles. The fourth-order valence-corrected chi connectivity index (χ4v) is 2.55. The van der Waals surface area contributed by atoms with E-state index in [4.69, 9.17) is 4.74 Å². The Morgan fingerprint density at radius 1 is 1.45 bits per heavy atom. The lowest BCUT2D eigenvalue weighted by atomic mass is 10.1. The predicted octanol–water partition coefficient (Wildman–Crippen LogP) is 3.38. The second-order valence-corrected chi connectivity index (χ2v) is 6.20. The summed E-state index contributed by atoms with van der Waals surface area (Å²) in [4.78, 5) is 18.4. The second-order valence-electron chi connectivity index (χ2n) is 5.24. The fourth-order valence-electron chi connectivity index (χ4n) is 2.05. The first-order chi connectivity index (χ1) is 9.47. The zero-order valence-electron chi connectivity index (χ0n) is 12.0. The van der Waals surface area contributed by atoms with Crippen LogP contribution < -0.4 is 4.74 Å². The summed E-state index contributed by atoms with van der Waals surface area (Å²) in [6.07, 6.45) is 4.20. The number of hydrogen-bond acceptors (Lipinski definition) is 3. The Morgan fingerprint density at radius 3 is 2.85 bits per heavy atom. The van der Waals surface area contributed by atoms with Crippen molar-refractivity contribution in [2.75, 3.05) is 13.1 Å². The molecular formula is C15H19BrN2O2. The third kappa shape index (κ3) is 3.60. The van der Waals surface area contributed by atoms with Gasteiger partial charge in [0.05, 0.1) is 24.4 Å². The molecule has 0 saturated heterocycles. The molecule has 2 rings (SSSR count). The SMILES string of the molecule is CC1=C(Br)CN(C(=O)c2cncc(OC(C)C)c2)CC1. The molecule has 5 heteroatoms. The largest absolute Gasteiger partial charge is 0.489 e. The summed E-state index contributed by atoms with van der Waals surface area (Å²) in [5, 5.41) is 0. The number of hydrogen-bond donors (Lipinski definition) is 0. The standard InChI is InChI=1S/C15H19BrN2O2/c1-10(2)20-13-6-12(7-17-8-13)15(19)18-5-4-11(3)14(16)9-18/h6-8,10H,4-5,9H2,1-3H3. The highest BCUT2D eigenvalue weighted by Crippen LogP contribution is 2.24. The van der Waals surface area contributed by atoms with Crippen molar-refractivity contribution in [2.24, 2.45) is 0 Å². The molecule has 108 valence electrons. The van der Waals surface area contributed by atoms with Gasteiger partial charge in [0, 0.05) is 17.2 Å². The quantitative estimate of drug-likeness (QED) is 0.848. The van der Waals surface area contributed by atoms with Crippen LogP contribution in [0.5, 0.6) is 5.75 Å². The maximum atomic E-state index is 12.5. The Labute approximate surface area is 128 Å². The monoisotopic (exact) mass is 338 g/mol. The van der Waals surface area contributed by atoms with E-state index >= 15 is 0 Å². The smallest absolute Gasteiger partial charge is 0.255 e. The van der Waals surface area contributed by atoms with Gasteiger partial charge in [-0.2, -0.15) is 0 Å². The van der Waals surface area contributed by atoms with Crippen molar-refractivity contribution in [3.63, 3.8) is 0 Å². The van der Waals surface area contributed by atoms with Crippen molar-refractivity contribution >= 4 is 21.8 Å². The molecule has 2 heterocycles. The van der Waals surface area contributed by atoms with Crippen LogP contribution in [-0.4, -0.2) is 35.0 Å². The molecule has 1 aromatic rings. The van der Waals surface area contributed by atoms with Gasteiger partial charge in [0.25, 0.3) is 5.91 Å². The normalized spacial score (nSPS) is 15.8. The maximum absolute atomic E-state index is 12.5. The zero-order valence-corrected chi connectivity index (χ0v) is 13.6. The average molecular weight is 339 g/mol. The van der Waals surface area contributed by atoms with E-state index < -0.39 is 0 Å². The number of nitrogens with zero attached hydrogens (tertiary/aromatic N) is 2. The Bertz CT molecular complexity index is 540. The van der Waals surface area contributed by atoms with Gasteiger partial charge in [-0.15, -0.1) is 0 Å². The fraction of sp³-hybridized carbons (Fsp3) is 0.467. The van der Waals surface area contributed by atoms with Crippen molar-refractivity contribution in [3.05, 3.63) is 34.1 Å². The van der Waals surface area contributed by atoms with Crippen LogP contribution in [0.2, 0.25) is 0 Å². The maximum Gasteiger partial charge on any atom is 0.255 e. The highest BCUT2D eigenvalue weighted by atomic mass is 79.9. The van der Waals surface area contributed by atoms with Crippen molar-refractivity contribution in [1.82, 2.24) is 9.88 Å². The van der Waals surface area contributed by atoms with Crippen LogP contribution in [0, 0.1) is 0 Å². The van der Waals surface area contributed by atoms with Crippen LogP contribution in [0.15, 0.2) is 28.5 Å². The number of amides is 1. The molecule has 0 aromatic carbocycles. The summed E-state index contributed by atoms with van der Waals surface area (Å²) in [5.41, 5.74) is 1.88. The Kier molecular flexibility index (Phi) is 4.81. The van der Waals surface area contributed by atoms with Gasteiger partial charge in [-0.05, 0) is 33.3 Å². The van der Waals surface area contributed by atoms with Crippen molar-refractivity contribution in [2.45, 2.75) is 33.3 Å². The molecule has 0 fully saturated rings. The lowest BCUT2D eigenvalue weighted by molar-refractivity contribution is 0.0766. The molecule has 0 atom stereocenters. The minimum Gasteiger partial charge on any atom is -0.489 e. The van der Waals surface area contributed by atoms with Crippen molar-refractivity contribution in [3.8, 4) is 5.75 Å². The topological polar surface area (TPSA) is 42.4 Å². The van der Waals surface area contributed by atoms with E-state index in [1.54, 1.807) is 18.5 Å². The van der Waals surface area contributed by atoms with Crippen LogP contribution in [0.3, 0.4) is 0 Å². The number of pyridine rings is 1. The number of halogens is 1. The summed E-state index contributed by atoms with van der Waals surface area (Å²) >= 11 is 3.53. The summed E-state index contributed by atoms with van der Waals surface area (Å²) < 4.78 is 6.68. The highest BCUT2D eigenvalue weighted by Gasteiger charge is 2.21. The minimum absolute atomic E-state index is 0.00356. The first-order valence-corrected chi connectivity index (χ1v) is 7.51. The minimum atomic E-state index is -0.00356. The van der Waals surface area contributed by atoms with Crippen LogP contribution in [-0.2, 0) is 0 Å². The molecule has 1 amide bonds. The molecule has 0 unspecified atom stereocenters. The average Bonchev–Trinajstić information content (AvgIpc) is 2.40. The highest BCUT2D eigenvalue weighted by molar-refractivity contribution is 9.11. The molecule has 1 aromatic heterocycles. The molecule has 4 nitrogen and oxygen atoms in total. The lowest BCUT2D eigenvalue weighted by Crippen LogP contribution is -2.36. The van der Waals surface area contributed by atoms with Gasteiger partial charge in [0.2, 0.25) is 0 Å². The molecule has 0 radical (unpaired) electrons. The number of carbonyl (C=O) groups is 1. The Morgan fingerprint density at radius 2 is 2.20 bits per heavy atom. The molecule has 0 aliphatic carbocycles. The molecule has 20 heavy (non-hydrogen) atoms. The lowest BCUT2D eigenvalue weighted by Gasteiger charge is -2.28. The van der Waals surface area contributed by atoms with Gasteiger partial charge < -0.3 is 9.64 Å². The molecule has 0 N–H and O–H groups in total. The summed E-state index contributed by atoms with van der Waals surface area (Å²) in [6.45, 7) is 7.35. The first kappa shape index (κ1) is 15.0. The van der Waals surface area contributed by atoms with E-state index in [1.165, 1.54) is 5.57 Å². The van der Waals surface area contributed by atoms with Crippen LogP contribution in [0.1, 0.15) is 37.6 Å². The number of carbonyl (C=O) groups excluding carboxylic acids is 1. The van der Waals surface area contributed by atoms with E-state index in [9.17, 15) is 4.79 Å². The predicted molar refractivity (Wildman–Crippen MR) is 82.1 cm³/mol. The number of aromatic nitrogens is 1. The van der Waals surface area contributed by atoms with Crippen molar-refractivity contribution in [1.29, 1.82) is 0 Å². The molecule has 0 bridgehead atoms. The zero-order chi connectivity index (χ0) is 14.7. The molecule has 1 aliphatic heterocycles. The summed E-state index contributed by atoms with van der Waals surface area (Å²) in [7, 11) is 0. The summed E-state index contributed by atoms with van der Waals surface area (Å²) in [6, 6.07) is 1.76. The second kappa shape index (κ2) is 6.39. The molecule has 0 spiro atoms. The van der Waals surface area contributed by atoms with Crippen molar-refractivity contribution < 1.29 is 9.53 Å². The number of rotatable bonds is 3. The third-order valence-electron chi connectivity index (χ3n) is 3.17.